The van der Waals surface area contributed by atoms with Gasteiger partial charge in [-0.3, -0.25) is 14.6 Å². The molecule has 5 heteroatoms. The molecule has 5 nitrogen and oxygen atoms in total. The van der Waals surface area contributed by atoms with E-state index in [4.69, 9.17) is 5.73 Å². The first-order valence-corrected chi connectivity index (χ1v) is 3.41. The number of hydrogen-bond donors (Lipinski definition) is 1. The van der Waals surface area contributed by atoms with Crippen molar-refractivity contribution < 1.29 is 9.59 Å². The molecule has 0 fully saturated rings. The molecule has 64 valence electrons. The highest BCUT2D eigenvalue weighted by molar-refractivity contribution is 5.98. The second kappa shape index (κ2) is 3.17. The predicted molar refractivity (Wildman–Crippen MR) is 43.2 cm³/mol. The highest BCUT2D eigenvalue weighted by atomic mass is 16.2. The molecule has 0 saturated heterocycles. The summed E-state index contributed by atoms with van der Waals surface area (Å²) < 4.78 is 0. The molecule has 0 radical (unpaired) electrons. The number of hydrogen-bond acceptors (Lipinski definition) is 3. The quantitative estimate of drug-likeness (QED) is 0.557. The van der Waals surface area contributed by atoms with Crippen molar-refractivity contribution in [3.05, 3.63) is 11.9 Å². The van der Waals surface area contributed by atoms with E-state index in [1.165, 1.54) is 17.3 Å². The van der Waals surface area contributed by atoms with E-state index in [-0.39, 0.29) is 18.0 Å². The first-order valence-electron chi connectivity index (χ1n) is 3.41. The van der Waals surface area contributed by atoms with Gasteiger partial charge in [-0.25, -0.2) is 0 Å². The maximum Gasteiger partial charge on any atom is 0.268 e. The third kappa shape index (κ3) is 1.69. The van der Waals surface area contributed by atoms with E-state index in [1.807, 2.05) is 0 Å². The first kappa shape index (κ1) is 8.45. The van der Waals surface area contributed by atoms with E-state index in [9.17, 15) is 9.59 Å². The number of carbonyl (C=O) groups excluding carboxylic acids is 2. The molecule has 0 aromatic rings. The minimum Gasteiger partial charge on any atom is -0.364 e. The van der Waals surface area contributed by atoms with Crippen LogP contribution in [0, 0.1) is 0 Å². The highest BCUT2D eigenvalue weighted by Crippen LogP contribution is 2.03. The summed E-state index contributed by atoms with van der Waals surface area (Å²) in [5.41, 5.74) is 5.09. The fourth-order valence-corrected chi connectivity index (χ4v) is 0.782. The number of rotatable bonds is 1. The maximum absolute atomic E-state index is 11.0. The van der Waals surface area contributed by atoms with Gasteiger partial charge in [-0.1, -0.05) is 0 Å². The molecule has 0 atom stereocenters. The Balaban J connectivity index is 2.93. The smallest absolute Gasteiger partial charge is 0.268 e. The molecule has 2 N–H and O–H groups in total. The molecule has 0 unspecified atom stereocenters. The standard InChI is InChI=1S/C7H9N3O2/c1-10-4-5(7(8)12)9-3-2-6(10)11/h3-4H,2H2,1H3,(H2,8,12). The molecule has 1 aliphatic heterocycles. The van der Waals surface area contributed by atoms with Crippen molar-refractivity contribution in [2.45, 2.75) is 6.42 Å². The zero-order valence-corrected chi connectivity index (χ0v) is 6.65. The van der Waals surface area contributed by atoms with Crippen LogP contribution in [0.15, 0.2) is 16.9 Å². The Morgan fingerprint density at radius 2 is 2.42 bits per heavy atom. The van der Waals surface area contributed by atoms with Crippen molar-refractivity contribution in [2.75, 3.05) is 7.05 Å². The van der Waals surface area contributed by atoms with Crippen LogP contribution in [0.25, 0.3) is 0 Å². The summed E-state index contributed by atoms with van der Waals surface area (Å²) >= 11 is 0. The predicted octanol–water partition coefficient (Wildman–Crippen LogP) is -0.754. The summed E-state index contributed by atoms with van der Waals surface area (Å²) in [6.45, 7) is 0. The Labute approximate surface area is 69.6 Å². The molecule has 12 heavy (non-hydrogen) atoms. The van der Waals surface area contributed by atoms with Crippen LogP contribution in [-0.4, -0.2) is 30.0 Å². The number of primary amides is 1. The summed E-state index contributed by atoms with van der Waals surface area (Å²) in [7, 11) is 1.56. The largest absolute Gasteiger partial charge is 0.364 e. The van der Waals surface area contributed by atoms with Crippen LogP contribution in [0.1, 0.15) is 6.42 Å². The molecule has 2 amide bonds. The van der Waals surface area contributed by atoms with E-state index in [2.05, 4.69) is 4.99 Å². The van der Waals surface area contributed by atoms with Gasteiger partial charge in [-0.2, -0.15) is 0 Å². The van der Waals surface area contributed by atoms with Crippen molar-refractivity contribution in [2.24, 2.45) is 10.7 Å². The van der Waals surface area contributed by atoms with Crippen molar-refractivity contribution >= 4 is 18.0 Å². The lowest BCUT2D eigenvalue weighted by atomic mass is 10.4. The monoisotopic (exact) mass is 167 g/mol. The molecule has 1 heterocycles. The van der Waals surface area contributed by atoms with E-state index in [1.54, 1.807) is 7.05 Å². The van der Waals surface area contributed by atoms with Crippen molar-refractivity contribution in [1.82, 2.24) is 4.90 Å². The van der Waals surface area contributed by atoms with Crippen molar-refractivity contribution in [3.8, 4) is 0 Å². The van der Waals surface area contributed by atoms with Gasteiger partial charge in [0, 0.05) is 19.5 Å². The molecule has 0 saturated carbocycles. The summed E-state index contributed by atoms with van der Waals surface area (Å²) in [5.74, 6) is -0.747. The highest BCUT2D eigenvalue weighted by Gasteiger charge is 2.12. The average Bonchev–Trinajstić information content (AvgIpc) is 2.15. The average molecular weight is 167 g/mol. The second-order valence-electron chi connectivity index (χ2n) is 2.40. The van der Waals surface area contributed by atoms with Crippen molar-refractivity contribution in [3.63, 3.8) is 0 Å². The SMILES string of the molecule is CN1C=C(C(N)=O)N=CCC1=O. The fraction of sp³-hybridized carbons (Fsp3) is 0.286. The molecule has 1 rings (SSSR count). The van der Waals surface area contributed by atoms with Gasteiger partial charge in [0.05, 0.1) is 6.42 Å². The molecule has 0 bridgehead atoms. The summed E-state index contributed by atoms with van der Waals surface area (Å²) in [4.78, 5) is 26.7. The molecule has 1 aliphatic rings. The van der Waals surface area contributed by atoms with Gasteiger partial charge in [-0.05, 0) is 0 Å². The minimum absolute atomic E-state index is 0.100. The van der Waals surface area contributed by atoms with E-state index < -0.39 is 5.91 Å². The summed E-state index contributed by atoms with van der Waals surface area (Å²) in [5, 5.41) is 0. The Morgan fingerprint density at radius 1 is 1.75 bits per heavy atom. The van der Waals surface area contributed by atoms with Crippen LogP contribution < -0.4 is 5.73 Å². The van der Waals surface area contributed by atoms with Gasteiger partial charge in [0.2, 0.25) is 5.91 Å². The lowest BCUT2D eigenvalue weighted by Gasteiger charge is -2.07. The fourth-order valence-electron chi connectivity index (χ4n) is 0.782. The summed E-state index contributed by atoms with van der Waals surface area (Å²) in [6, 6.07) is 0. The third-order valence-corrected chi connectivity index (χ3v) is 1.46. The number of amides is 2. The van der Waals surface area contributed by atoms with Gasteiger partial charge in [0.1, 0.15) is 5.70 Å². The number of aliphatic imine (C=N–C) groups is 1. The van der Waals surface area contributed by atoms with Crippen LogP contribution in [0.2, 0.25) is 0 Å². The summed E-state index contributed by atoms with van der Waals surface area (Å²) in [6.07, 6.45) is 2.90. The number of nitrogens with zero attached hydrogens (tertiary/aromatic N) is 2. The Kier molecular flexibility index (Phi) is 2.23. The van der Waals surface area contributed by atoms with Gasteiger partial charge >= 0.3 is 0 Å². The van der Waals surface area contributed by atoms with E-state index in [0.29, 0.717) is 0 Å². The van der Waals surface area contributed by atoms with Gasteiger partial charge in [-0.15, -0.1) is 0 Å². The topological polar surface area (TPSA) is 75.8 Å². The van der Waals surface area contributed by atoms with Crippen LogP contribution in [-0.2, 0) is 9.59 Å². The minimum atomic E-state index is -0.632. The zero-order valence-electron chi connectivity index (χ0n) is 6.65. The van der Waals surface area contributed by atoms with E-state index in [0.717, 1.165) is 0 Å². The van der Waals surface area contributed by atoms with Gasteiger partial charge in [0.15, 0.2) is 0 Å². The van der Waals surface area contributed by atoms with E-state index >= 15 is 0 Å². The maximum atomic E-state index is 11.0. The zero-order chi connectivity index (χ0) is 9.14. The van der Waals surface area contributed by atoms with Crippen molar-refractivity contribution in [1.29, 1.82) is 0 Å². The molecule has 0 aromatic heterocycles. The van der Waals surface area contributed by atoms with Crippen LogP contribution in [0.5, 0.6) is 0 Å². The normalized spacial score (nSPS) is 17.2. The van der Waals surface area contributed by atoms with Crippen LogP contribution >= 0.6 is 0 Å². The molecule has 0 spiro atoms. The first-order chi connectivity index (χ1) is 5.61. The lowest BCUT2D eigenvalue weighted by molar-refractivity contribution is -0.126. The Morgan fingerprint density at radius 3 is 3.00 bits per heavy atom. The lowest BCUT2D eigenvalue weighted by Crippen LogP contribution is -2.21. The number of nitrogens with two attached hydrogens (primary N) is 1. The third-order valence-electron chi connectivity index (χ3n) is 1.46. The molecular formula is C7H9N3O2. The number of carbonyl (C=O) groups is 2. The second-order valence-corrected chi connectivity index (χ2v) is 2.40. The van der Waals surface area contributed by atoms with Crippen LogP contribution in [0.4, 0.5) is 0 Å². The molecule has 0 aliphatic carbocycles. The van der Waals surface area contributed by atoms with Gasteiger partial charge in [0.25, 0.3) is 5.91 Å². The van der Waals surface area contributed by atoms with Crippen LogP contribution in [0.3, 0.4) is 0 Å². The molecule has 0 aromatic carbocycles. The Hall–Kier alpha value is -1.65. The van der Waals surface area contributed by atoms with Gasteiger partial charge < -0.3 is 10.6 Å². The Bertz CT molecular complexity index is 280. The molecular weight excluding hydrogens is 158 g/mol.